The number of carboxylic acids is 1. The van der Waals surface area contributed by atoms with E-state index in [-0.39, 0.29) is 17.1 Å². The van der Waals surface area contributed by atoms with Crippen molar-refractivity contribution in [1.29, 1.82) is 0 Å². The van der Waals surface area contributed by atoms with Crippen LogP contribution in [0.25, 0.3) is 6.08 Å². The number of thioether (sulfide) groups is 1. The molecule has 3 rings (SSSR count). The molecule has 162 valence electrons. The number of imide groups is 1. The molecule has 0 bridgehead atoms. The fourth-order valence-electron chi connectivity index (χ4n) is 2.92. The molecule has 1 N–H and O–H groups in total. The van der Waals surface area contributed by atoms with Gasteiger partial charge in [-0.1, -0.05) is 19.1 Å². The molecule has 1 aliphatic heterocycles. The van der Waals surface area contributed by atoms with Gasteiger partial charge in [-0.2, -0.15) is 0 Å². The van der Waals surface area contributed by atoms with E-state index in [1.807, 2.05) is 0 Å². The van der Waals surface area contributed by atoms with Gasteiger partial charge in [0, 0.05) is 6.07 Å². The van der Waals surface area contributed by atoms with E-state index in [1.165, 1.54) is 14.2 Å². The lowest BCUT2D eigenvalue weighted by molar-refractivity contribution is -0.145. The molecule has 9 heteroatoms. The monoisotopic (exact) mass is 443 g/mol. The molecule has 2 amide bonds. The molecule has 0 spiro atoms. The molecule has 31 heavy (non-hydrogen) atoms. The summed E-state index contributed by atoms with van der Waals surface area (Å²) < 4.78 is 16.0. The average molecular weight is 443 g/mol. The van der Waals surface area contributed by atoms with Gasteiger partial charge in [0.1, 0.15) is 5.75 Å². The van der Waals surface area contributed by atoms with Crippen LogP contribution in [0.15, 0.2) is 47.4 Å². The van der Waals surface area contributed by atoms with Gasteiger partial charge in [0.15, 0.2) is 17.6 Å². The average Bonchev–Trinajstić information content (AvgIpc) is 3.05. The summed E-state index contributed by atoms with van der Waals surface area (Å²) >= 11 is 0.829. The molecule has 1 heterocycles. The molecule has 2 aromatic rings. The van der Waals surface area contributed by atoms with Gasteiger partial charge >= 0.3 is 5.97 Å². The predicted molar refractivity (Wildman–Crippen MR) is 117 cm³/mol. The second kappa shape index (κ2) is 9.57. The van der Waals surface area contributed by atoms with Crippen LogP contribution < -0.4 is 19.1 Å². The van der Waals surface area contributed by atoms with Gasteiger partial charge in [0.2, 0.25) is 0 Å². The Kier molecular flexibility index (Phi) is 6.86. The summed E-state index contributed by atoms with van der Waals surface area (Å²) in [5, 5.41) is 8.77. The fraction of sp³-hybridized carbons (Fsp3) is 0.227. The SMILES string of the molecule is CCC(Oc1ccc(/C=C2/SC(=O)N(c3cccc(OC)c3)C2=O)cc1OC)C(=O)O. The zero-order valence-electron chi connectivity index (χ0n) is 17.2. The number of carboxylic acid groups (broad SMARTS) is 1. The second-order valence-corrected chi connectivity index (χ2v) is 7.48. The smallest absolute Gasteiger partial charge is 0.344 e. The molecular formula is C22H21NO7S. The molecule has 0 aromatic heterocycles. The van der Waals surface area contributed by atoms with Crippen molar-refractivity contribution in [2.75, 3.05) is 19.1 Å². The van der Waals surface area contributed by atoms with Gasteiger partial charge in [-0.25, -0.2) is 9.69 Å². The number of benzene rings is 2. The molecule has 8 nitrogen and oxygen atoms in total. The number of hydrogen-bond donors (Lipinski definition) is 1. The standard InChI is InChI=1S/C22H21NO7S/c1-4-16(21(25)26)30-17-9-8-13(10-18(17)29-3)11-19-20(24)23(22(27)31-19)14-6-5-7-15(12-14)28-2/h5-12,16H,4H2,1-3H3,(H,25,26)/b19-11+. The first-order chi connectivity index (χ1) is 14.9. The Hall–Kier alpha value is -3.46. The van der Waals surface area contributed by atoms with Gasteiger partial charge in [0.25, 0.3) is 11.1 Å². The van der Waals surface area contributed by atoms with Crippen molar-refractivity contribution in [1.82, 2.24) is 0 Å². The minimum atomic E-state index is -1.07. The summed E-state index contributed by atoms with van der Waals surface area (Å²) in [5.74, 6) is -0.384. The van der Waals surface area contributed by atoms with Gasteiger partial charge in [0.05, 0.1) is 24.8 Å². The molecule has 1 unspecified atom stereocenters. The van der Waals surface area contributed by atoms with E-state index in [4.69, 9.17) is 14.2 Å². The van der Waals surface area contributed by atoms with Crippen LogP contribution in [-0.2, 0) is 9.59 Å². The van der Waals surface area contributed by atoms with Crippen molar-refractivity contribution in [3.8, 4) is 17.2 Å². The van der Waals surface area contributed by atoms with Gasteiger partial charge < -0.3 is 19.3 Å². The van der Waals surface area contributed by atoms with Crippen LogP contribution in [0.5, 0.6) is 17.2 Å². The van der Waals surface area contributed by atoms with Crippen molar-refractivity contribution < 1.29 is 33.7 Å². The maximum atomic E-state index is 12.9. The van der Waals surface area contributed by atoms with E-state index in [0.29, 0.717) is 22.7 Å². The predicted octanol–water partition coefficient (Wildman–Crippen LogP) is 4.19. The Balaban J connectivity index is 1.87. The number of hydrogen-bond acceptors (Lipinski definition) is 7. The number of ether oxygens (including phenoxy) is 3. The first kappa shape index (κ1) is 22.2. The molecule has 2 aromatic carbocycles. The number of carbonyl (C=O) groups is 3. The number of anilines is 1. The molecule has 1 aliphatic rings. The van der Waals surface area contributed by atoms with E-state index in [9.17, 15) is 19.5 Å². The van der Waals surface area contributed by atoms with Crippen LogP contribution in [-0.4, -0.2) is 42.5 Å². The summed E-state index contributed by atoms with van der Waals surface area (Å²) in [6.07, 6.45) is 0.864. The number of rotatable bonds is 8. The highest BCUT2D eigenvalue weighted by Gasteiger charge is 2.36. The Morgan fingerprint density at radius 3 is 2.55 bits per heavy atom. The maximum Gasteiger partial charge on any atom is 0.344 e. The van der Waals surface area contributed by atoms with Gasteiger partial charge in [-0.3, -0.25) is 9.59 Å². The second-order valence-electron chi connectivity index (χ2n) is 6.48. The van der Waals surface area contributed by atoms with Crippen molar-refractivity contribution in [2.24, 2.45) is 0 Å². The molecule has 0 radical (unpaired) electrons. The van der Waals surface area contributed by atoms with Crippen molar-refractivity contribution in [3.63, 3.8) is 0 Å². The van der Waals surface area contributed by atoms with Crippen LogP contribution in [0.1, 0.15) is 18.9 Å². The van der Waals surface area contributed by atoms with E-state index in [0.717, 1.165) is 16.7 Å². The van der Waals surface area contributed by atoms with E-state index >= 15 is 0 Å². The molecule has 0 aliphatic carbocycles. The topological polar surface area (TPSA) is 102 Å². The normalized spacial score (nSPS) is 15.8. The number of amides is 2. The maximum absolute atomic E-state index is 12.9. The minimum absolute atomic E-state index is 0.250. The Morgan fingerprint density at radius 1 is 1.13 bits per heavy atom. The van der Waals surface area contributed by atoms with Crippen LogP contribution in [0, 0.1) is 0 Å². The molecule has 1 fully saturated rings. The summed E-state index contributed by atoms with van der Waals surface area (Å²) in [7, 11) is 2.94. The van der Waals surface area contributed by atoms with Crippen LogP contribution in [0.4, 0.5) is 10.5 Å². The number of methoxy groups -OCH3 is 2. The third-order valence-corrected chi connectivity index (χ3v) is 5.38. The lowest BCUT2D eigenvalue weighted by Gasteiger charge is -2.16. The summed E-state index contributed by atoms with van der Waals surface area (Å²) in [4.78, 5) is 37.9. The first-order valence-corrected chi connectivity index (χ1v) is 10.2. The molecule has 1 atom stereocenters. The molecule has 1 saturated heterocycles. The summed E-state index contributed by atoms with van der Waals surface area (Å²) in [6.45, 7) is 1.71. The summed E-state index contributed by atoms with van der Waals surface area (Å²) in [6, 6.07) is 11.5. The number of aliphatic carboxylic acids is 1. The van der Waals surface area contributed by atoms with Crippen LogP contribution >= 0.6 is 11.8 Å². The van der Waals surface area contributed by atoms with Crippen LogP contribution in [0.3, 0.4) is 0 Å². The lowest BCUT2D eigenvalue weighted by Crippen LogP contribution is -2.27. The highest BCUT2D eigenvalue weighted by molar-refractivity contribution is 8.19. The molecule has 0 saturated carbocycles. The van der Waals surface area contributed by atoms with Crippen LogP contribution in [0.2, 0.25) is 0 Å². The third kappa shape index (κ3) is 4.83. The van der Waals surface area contributed by atoms with Gasteiger partial charge in [-0.05, 0) is 54.1 Å². The largest absolute Gasteiger partial charge is 0.497 e. The van der Waals surface area contributed by atoms with Crippen molar-refractivity contribution >= 4 is 40.6 Å². The van der Waals surface area contributed by atoms with Crippen molar-refractivity contribution in [2.45, 2.75) is 19.4 Å². The zero-order valence-corrected chi connectivity index (χ0v) is 18.0. The first-order valence-electron chi connectivity index (χ1n) is 9.37. The van der Waals surface area contributed by atoms with Gasteiger partial charge in [-0.15, -0.1) is 0 Å². The van der Waals surface area contributed by atoms with E-state index in [1.54, 1.807) is 55.5 Å². The van der Waals surface area contributed by atoms with E-state index < -0.39 is 23.2 Å². The molecular weight excluding hydrogens is 422 g/mol. The lowest BCUT2D eigenvalue weighted by atomic mass is 10.1. The third-order valence-electron chi connectivity index (χ3n) is 4.51. The fourth-order valence-corrected chi connectivity index (χ4v) is 3.77. The Bertz CT molecular complexity index is 1050. The number of nitrogens with zero attached hydrogens (tertiary/aromatic N) is 1. The van der Waals surface area contributed by atoms with E-state index in [2.05, 4.69) is 0 Å². The minimum Gasteiger partial charge on any atom is -0.497 e. The quantitative estimate of drug-likeness (QED) is 0.606. The van der Waals surface area contributed by atoms with Crippen molar-refractivity contribution in [3.05, 3.63) is 52.9 Å². The highest BCUT2D eigenvalue weighted by Crippen LogP contribution is 2.38. The zero-order chi connectivity index (χ0) is 22.5. The summed E-state index contributed by atoms with van der Waals surface area (Å²) in [5.41, 5.74) is 1.02. The highest BCUT2D eigenvalue weighted by atomic mass is 32.2. The Morgan fingerprint density at radius 2 is 1.90 bits per heavy atom. The number of carbonyl (C=O) groups excluding carboxylic acids is 2. The Labute approximate surface area is 183 Å².